The molecule has 0 aromatic heterocycles. The summed E-state index contributed by atoms with van der Waals surface area (Å²) in [5, 5.41) is 0. The highest BCUT2D eigenvalue weighted by Gasteiger charge is 2.19. The third kappa shape index (κ3) is 2.33. The van der Waals surface area contributed by atoms with Gasteiger partial charge in [-0.3, -0.25) is 0 Å². The van der Waals surface area contributed by atoms with Crippen LogP contribution in [0.2, 0.25) is 0 Å². The molecule has 2 nitrogen and oxygen atoms in total. The molecule has 0 amide bonds. The van der Waals surface area contributed by atoms with Crippen LogP contribution in [0.25, 0.3) is 0 Å². The number of fused-ring (bicyclic) bond motifs is 2. The van der Waals surface area contributed by atoms with Crippen molar-refractivity contribution in [2.75, 3.05) is 11.9 Å². The summed E-state index contributed by atoms with van der Waals surface area (Å²) in [6.07, 6.45) is 1.25. The van der Waals surface area contributed by atoms with Crippen molar-refractivity contribution in [3.05, 3.63) is 48.5 Å². The van der Waals surface area contributed by atoms with Gasteiger partial charge in [-0.2, -0.15) is 0 Å². The van der Waals surface area contributed by atoms with E-state index in [1.54, 1.807) is 0 Å². The summed E-state index contributed by atoms with van der Waals surface area (Å²) in [7, 11) is 2.06. The van der Waals surface area contributed by atoms with Crippen LogP contribution in [-0.4, -0.2) is 7.05 Å². The normalized spacial score (nSPS) is 11.6. The lowest BCUT2D eigenvalue weighted by Gasteiger charge is -2.29. The monoisotopic (exact) mass is 241 g/mol. The van der Waals surface area contributed by atoms with Crippen LogP contribution in [0.3, 0.4) is 0 Å². The number of anilines is 2. The first-order chi connectivity index (χ1) is 8.77. The lowest BCUT2D eigenvalue weighted by molar-refractivity contribution is 0.475. The van der Waals surface area contributed by atoms with Gasteiger partial charge in [-0.25, -0.2) is 0 Å². The SMILES string of the molecule is CCC.CN1c2ccccc2Oc2ccccc21. The Balaban J connectivity index is 0.000000367. The molecule has 0 fully saturated rings. The van der Waals surface area contributed by atoms with Crippen molar-refractivity contribution < 1.29 is 4.74 Å². The van der Waals surface area contributed by atoms with Gasteiger partial charge in [0.2, 0.25) is 0 Å². The number of nitrogens with zero attached hydrogens (tertiary/aromatic N) is 1. The Labute approximate surface area is 109 Å². The number of hydrogen-bond donors (Lipinski definition) is 0. The maximum Gasteiger partial charge on any atom is 0.151 e. The molecule has 1 aliphatic rings. The third-order valence-electron chi connectivity index (χ3n) is 2.67. The molecule has 3 rings (SSSR count). The lowest BCUT2D eigenvalue weighted by Crippen LogP contribution is -2.15. The minimum absolute atomic E-state index is 0.915. The van der Waals surface area contributed by atoms with Crippen molar-refractivity contribution in [1.29, 1.82) is 0 Å². The van der Waals surface area contributed by atoms with E-state index < -0.39 is 0 Å². The van der Waals surface area contributed by atoms with E-state index in [1.807, 2.05) is 36.4 Å². The Morgan fingerprint density at radius 3 is 1.67 bits per heavy atom. The van der Waals surface area contributed by atoms with Crippen molar-refractivity contribution >= 4 is 11.4 Å². The van der Waals surface area contributed by atoms with Gasteiger partial charge < -0.3 is 9.64 Å². The molecular formula is C16H19NO. The minimum Gasteiger partial charge on any atom is -0.453 e. The Kier molecular flexibility index (Phi) is 3.88. The van der Waals surface area contributed by atoms with Gasteiger partial charge in [0.05, 0.1) is 11.4 Å². The molecule has 0 atom stereocenters. The molecule has 1 aliphatic heterocycles. The fourth-order valence-corrected chi connectivity index (χ4v) is 1.89. The highest BCUT2D eigenvalue weighted by atomic mass is 16.5. The molecule has 94 valence electrons. The molecule has 0 N–H and O–H groups in total. The molecule has 0 bridgehead atoms. The van der Waals surface area contributed by atoms with Gasteiger partial charge in [0.25, 0.3) is 0 Å². The van der Waals surface area contributed by atoms with Crippen LogP contribution < -0.4 is 9.64 Å². The molecule has 2 heteroatoms. The van der Waals surface area contributed by atoms with E-state index in [9.17, 15) is 0 Å². The zero-order valence-electron chi connectivity index (χ0n) is 11.2. The number of rotatable bonds is 0. The average molecular weight is 241 g/mol. The van der Waals surface area contributed by atoms with Gasteiger partial charge in [-0.05, 0) is 24.3 Å². The zero-order valence-corrected chi connectivity index (χ0v) is 11.2. The van der Waals surface area contributed by atoms with Crippen LogP contribution in [0.4, 0.5) is 11.4 Å². The molecule has 1 heterocycles. The topological polar surface area (TPSA) is 12.5 Å². The summed E-state index contributed by atoms with van der Waals surface area (Å²) >= 11 is 0. The summed E-state index contributed by atoms with van der Waals surface area (Å²) < 4.78 is 5.81. The molecule has 0 saturated heterocycles. The lowest BCUT2D eigenvalue weighted by atomic mass is 10.2. The Bertz CT molecular complexity index is 477. The molecule has 2 aromatic carbocycles. The van der Waals surface area contributed by atoms with E-state index in [0.717, 1.165) is 22.9 Å². The van der Waals surface area contributed by atoms with Crippen molar-refractivity contribution in [3.8, 4) is 11.5 Å². The van der Waals surface area contributed by atoms with E-state index in [2.05, 4.69) is 37.9 Å². The van der Waals surface area contributed by atoms with Crippen LogP contribution in [0, 0.1) is 0 Å². The highest BCUT2D eigenvalue weighted by Crippen LogP contribution is 2.44. The molecular weight excluding hydrogens is 222 g/mol. The second-order valence-corrected chi connectivity index (χ2v) is 4.30. The Hall–Kier alpha value is -1.96. The van der Waals surface area contributed by atoms with Gasteiger partial charge in [-0.15, -0.1) is 0 Å². The molecule has 18 heavy (non-hydrogen) atoms. The summed E-state index contributed by atoms with van der Waals surface area (Å²) in [4.78, 5) is 2.15. The van der Waals surface area contributed by atoms with Crippen molar-refractivity contribution in [2.45, 2.75) is 20.3 Å². The average Bonchev–Trinajstić information content (AvgIpc) is 2.40. The van der Waals surface area contributed by atoms with E-state index in [0.29, 0.717) is 0 Å². The number of para-hydroxylation sites is 4. The fraction of sp³-hybridized carbons (Fsp3) is 0.250. The number of benzene rings is 2. The van der Waals surface area contributed by atoms with E-state index in [-0.39, 0.29) is 0 Å². The quantitative estimate of drug-likeness (QED) is 0.645. The number of hydrogen-bond acceptors (Lipinski definition) is 2. The minimum atomic E-state index is 0.915. The van der Waals surface area contributed by atoms with Gasteiger partial charge in [0.1, 0.15) is 0 Å². The van der Waals surface area contributed by atoms with Gasteiger partial charge in [0, 0.05) is 7.05 Å². The van der Waals surface area contributed by atoms with Gasteiger partial charge in [0.15, 0.2) is 11.5 Å². The first-order valence-corrected chi connectivity index (χ1v) is 6.37. The molecule has 2 aromatic rings. The fourth-order valence-electron chi connectivity index (χ4n) is 1.89. The van der Waals surface area contributed by atoms with Gasteiger partial charge >= 0.3 is 0 Å². The largest absolute Gasteiger partial charge is 0.453 e. The standard InChI is InChI=1S/C13H11NO.C3H8/c1-14-10-6-2-4-8-12(10)15-13-9-5-3-7-11(13)14;1-3-2/h2-9H,1H3;3H2,1-2H3. The van der Waals surface area contributed by atoms with Crippen molar-refractivity contribution in [1.82, 2.24) is 0 Å². The van der Waals surface area contributed by atoms with E-state index >= 15 is 0 Å². The summed E-state index contributed by atoms with van der Waals surface area (Å²) in [5.41, 5.74) is 2.22. The second-order valence-electron chi connectivity index (χ2n) is 4.30. The third-order valence-corrected chi connectivity index (χ3v) is 2.67. The summed E-state index contributed by atoms with van der Waals surface area (Å²) in [6, 6.07) is 16.1. The molecule has 0 saturated carbocycles. The van der Waals surface area contributed by atoms with Crippen LogP contribution in [-0.2, 0) is 0 Å². The van der Waals surface area contributed by atoms with E-state index in [4.69, 9.17) is 4.74 Å². The van der Waals surface area contributed by atoms with Crippen LogP contribution in [0.15, 0.2) is 48.5 Å². The maximum absolute atomic E-state index is 5.81. The summed E-state index contributed by atoms with van der Waals surface area (Å²) in [6.45, 7) is 4.25. The first kappa shape index (κ1) is 12.5. The van der Waals surface area contributed by atoms with Crippen molar-refractivity contribution in [3.63, 3.8) is 0 Å². The Morgan fingerprint density at radius 2 is 1.22 bits per heavy atom. The first-order valence-electron chi connectivity index (χ1n) is 6.37. The van der Waals surface area contributed by atoms with E-state index in [1.165, 1.54) is 6.42 Å². The van der Waals surface area contributed by atoms with Gasteiger partial charge in [-0.1, -0.05) is 44.5 Å². The smallest absolute Gasteiger partial charge is 0.151 e. The Morgan fingerprint density at radius 1 is 0.833 bits per heavy atom. The highest BCUT2D eigenvalue weighted by molar-refractivity contribution is 5.76. The summed E-state index contributed by atoms with van der Waals surface area (Å²) in [5.74, 6) is 1.83. The molecule has 0 unspecified atom stereocenters. The molecule has 0 aliphatic carbocycles. The number of ether oxygens (including phenoxy) is 1. The van der Waals surface area contributed by atoms with Crippen LogP contribution in [0.1, 0.15) is 20.3 Å². The van der Waals surface area contributed by atoms with Crippen molar-refractivity contribution in [2.24, 2.45) is 0 Å². The second kappa shape index (κ2) is 5.58. The predicted molar refractivity (Wildman–Crippen MR) is 77.0 cm³/mol. The van der Waals surface area contributed by atoms with Crippen LogP contribution in [0.5, 0.6) is 11.5 Å². The molecule has 0 spiro atoms. The predicted octanol–water partition coefficient (Wildman–Crippen LogP) is 4.98. The van der Waals surface area contributed by atoms with Crippen LogP contribution >= 0.6 is 0 Å². The zero-order chi connectivity index (χ0) is 13.0. The maximum atomic E-state index is 5.81. The molecule has 0 radical (unpaired) electrons.